The Balaban J connectivity index is 1.53. The number of nitrogens with zero attached hydrogens (tertiary/aromatic N) is 1. The minimum atomic E-state index is -0.599. The second-order valence-corrected chi connectivity index (χ2v) is 8.39. The van der Waals surface area contributed by atoms with Crippen molar-refractivity contribution in [2.24, 2.45) is 0 Å². The highest BCUT2D eigenvalue weighted by molar-refractivity contribution is 6.48. The summed E-state index contributed by atoms with van der Waals surface area (Å²) in [5.41, 5.74) is 2.47. The standard InChI is InChI=1S/C25H18Cl2FN3O3/c1-14-7-8-16(23(32)29-17-9-10-19(28)18(26)12-17)11-20(14)30-22-21(27)24(33)31(25(22)34)13-15-5-3-2-4-6-15/h2-12,30H,13H2,1H3,(H,29,32). The Morgan fingerprint density at radius 2 is 1.71 bits per heavy atom. The molecular formula is C25H18Cl2FN3O3. The molecule has 0 saturated heterocycles. The first-order chi connectivity index (χ1) is 16.2. The fraction of sp³-hybridized carbons (Fsp3) is 0.0800. The molecule has 0 unspecified atom stereocenters. The number of imide groups is 1. The Hall–Kier alpha value is -3.68. The summed E-state index contributed by atoms with van der Waals surface area (Å²) >= 11 is 12.0. The van der Waals surface area contributed by atoms with Crippen LogP contribution in [-0.2, 0) is 16.1 Å². The summed E-state index contributed by atoms with van der Waals surface area (Å²) in [5.74, 6) is -2.22. The molecule has 3 aromatic carbocycles. The number of carbonyl (C=O) groups excluding carboxylic acids is 3. The van der Waals surface area contributed by atoms with Gasteiger partial charge in [-0.1, -0.05) is 59.6 Å². The first kappa shape index (κ1) is 23.5. The smallest absolute Gasteiger partial charge is 0.279 e. The number of hydrogen-bond acceptors (Lipinski definition) is 4. The molecular weight excluding hydrogens is 480 g/mol. The number of benzene rings is 3. The van der Waals surface area contributed by atoms with Crippen molar-refractivity contribution in [3.63, 3.8) is 0 Å². The van der Waals surface area contributed by atoms with E-state index < -0.39 is 23.5 Å². The lowest BCUT2D eigenvalue weighted by atomic mass is 10.1. The lowest BCUT2D eigenvalue weighted by molar-refractivity contribution is -0.138. The quantitative estimate of drug-likeness (QED) is 0.442. The number of hydrogen-bond donors (Lipinski definition) is 2. The van der Waals surface area contributed by atoms with Crippen LogP contribution in [0.15, 0.2) is 77.5 Å². The maximum Gasteiger partial charge on any atom is 0.279 e. The zero-order chi connectivity index (χ0) is 24.4. The molecule has 172 valence electrons. The van der Waals surface area contributed by atoms with Gasteiger partial charge in [-0.2, -0.15) is 0 Å². The van der Waals surface area contributed by atoms with Gasteiger partial charge < -0.3 is 10.6 Å². The van der Waals surface area contributed by atoms with Gasteiger partial charge in [0.05, 0.1) is 11.6 Å². The zero-order valence-corrected chi connectivity index (χ0v) is 19.4. The van der Waals surface area contributed by atoms with Crippen molar-refractivity contribution in [1.29, 1.82) is 0 Å². The monoisotopic (exact) mass is 497 g/mol. The average molecular weight is 498 g/mol. The molecule has 1 heterocycles. The SMILES string of the molecule is Cc1ccc(C(=O)Nc2ccc(F)c(Cl)c2)cc1NC1=C(Cl)C(=O)N(Cc2ccccc2)C1=O. The van der Waals surface area contributed by atoms with Gasteiger partial charge in [-0.25, -0.2) is 4.39 Å². The number of nitrogens with one attached hydrogen (secondary N) is 2. The largest absolute Gasteiger partial charge is 0.349 e. The topological polar surface area (TPSA) is 78.5 Å². The Kier molecular flexibility index (Phi) is 6.68. The number of rotatable bonds is 6. The van der Waals surface area contributed by atoms with Gasteiger partial charge in [0.1, 0.15) is 16.5 Å². The molecule has 2 N–H and O–H groups in total. The molecule has 9 heteroatoms. The van der Waals surface area contributed by atoms with Crippen LogP contribution in [0.1, 0.15) is 21.5 Å². The summed E-state index contributed by atoms with van der Waals surface area (Å²) in [6.07, 6.45) is 0. The van der Waals surface area contributed by atoms with Gasteiger partial charge in [0.2, 0.25) is 0 Å². The second kappa shape index (κ2) is 9.67. The minimum absolute atomic E-state index is 0.0615. The molecule has 6 nitrogen and oxygen atoms in total. The van der Waals surface area contributed by atoms with Crippen LogP contribution in [0.3, 0.4) is 0 Å². The predicted octanol–water partition coefficient (Wildman–Crippen LogP) is 5.47. The highest BCUT2D eigenvalue weighted by Gasteiger charge is 2.38. The maximum atomic E-state index is 13.4. The highest BCUT2D eigenvalue weighted by Crippen LogP contribution is 2.29. The van der Waals surface area contributed by atoms with E-state index in [1.54, 1.807) is 31.2 Å². The molecule has 1 aliphatic heterocycles. The van der Waals surface area contributed by atoms with Gasteiger partial charge in [0, 0.05) is 16.9 Å². The van der Waals surface area contributed by atoms with E-state index in [1.807, 2.05) is 18.2 Å². The van der Waals surface area contributed by atoms with Crippen molar-refractivity contribution < 1.29 is 18.8 Å². The molecule has 0 atom stereocenters. The molecule has 3 aromatic rings. The lowest BCUT2D eigenvalue weighted by Crippen LogP contribution is -2.31. The molecule has 0 bridgehead atoms. The maximum absolute atomic E-state index is 13.4. The molecule has 0 spiro atoms. The second-order valence-electron chi connectivity index (χ2n) is 7.61. The average Bonchev–Trinajstić information content (AvgIpc) is 3.01. The van der Waals surface area contributed by atoms with E-state index in [1.165, 1.54) is 18.2 Å². The summed E-state index contributed by atoms with van der Waals surface area (Å²) in [6, 6.07) is 17.7. The van der Waals surface area contributed by atoms with Crippen molar-refractivity contribution >= 4 is 52.3 Å². The first-order valence-corrected chi connectivity index (χ1v) is 10.9. The third-order valence-corrected chi connectivity index (χ3v) is 5.87. The van der Waals surface area contributed by atoms with E-state index >= 15 is 0 Å². The molecule has 0 saturated carbocycles. The van der Waals surface area contributed by atoms with Gasteiger partial charge in [-0.15, -0.1) is 0 Å². The number of carbonyl (C=O) groups is 3. The van der Waals surface area contributed by atoms with Gasteiger partial charge >= 0.3 is 0 Å². The first-order valence-electron chi connectivity index (χ1n) is 10.2. The molecule has 0 aromatic heterocycles. The summed E-state index contributed by atoms with van der Waals surface area (Å²) in [7, 11) is 0. The summed E-state index contributed by atoms with van der Waals surface area (Å²) in [6.45, 7) is 1.86. The molecule has 0 fully saturated rings. The third kappa shape index (κ3) is 4.81. The minimum Gasteiger partial charge on any atom is -0.349 e. The van der Waals surface area contributed by atoms with Crippen molar-refractivity contribution in [2.45, 2.75) is 13.5 Å². The Morgan fingerprint density at radius 1 is 0.971 bits per heavy atom. The van der Waals surface area contributed by atoms with E-state index in [2.05, 4.69) is 10.6 Å². The van der Waals surface area contributed by atoms with Crippen molar-refractivity contribution in [3.8, 4) is 0 Å². The van der Waals surface area contributed by atoms with Gasteiger partial charge in [-0.3, -0.25) is 19.3 Å². The van der Waals surface area contributed by atoms with Gasteiger partial charge in [0.15, 0.2) is 0 Å². The third-order valence-electron chi connectivity index (χ3n) is 5.23. The Labute approximate surface area is 205 Å². The van der Waals surface area contributed by atoms with Crippen molar-refractivity contribution in [3.05, 3.63) is 105 Å². The Morgan fingerprint density at radius 3 is 2.41 bits per heavy atom. The molecule has 1 aliphatic rings. The normalized spacial score (nSPS) is 13.5. The van der Waals surface area contributed by atoms with Crippen LogP contribution in [0.4, 0.5) is 15.8 Å². The Bertz CT molecular complexity index is 1340. The van der Waals surface area contributed by atoms with Crippen LogP contribution < -0.4 is 10.6 Å². The fourth-order valence-electron chi connectivity index (χ4n) is 3.37. The summed E-state index contributed by atoms with van der Waals surface area (Å²) in [5, 5.41) is 5.21. The van der Waals surface area contributed by atoms with Gasteiger partial charge in [-0.05, 0) is 48.4 Å². The number of anilines is 2. The number of aryl methyl sites for hydroxylation is 1. The highest BCUT2D eigenvalue weighted by atomic mass is 35.5. The number of halogens is 3. The van der Waals surface area contributed by atoms with E-state index in [-0.39, 0.29) is 27.9 Å². The molecule has 34 heavy (non-hydrogen) atoms. The van der Waals surface area contributed by atoms with Crippen LogP contribution in [0.25, 0.3) is 0 Å². The van der Waals surface area contributed by atoms with E-state index in [9.17, 15) is 18.8 Å². The number of amides is 3. The van der Waals surface area contributed by atoms with Crippen LogP contribution in [0.5, 0.6) is 0 Å². The van der Waals surface area contributed by atoms with E-state index in [0.717, 1.165) is 22.1 Å². The molecule has 3 amide bonds. The summed E-state index contributed by atoms with van der Waals surface area (Å²) < 4.78 is 13.4. The van der Waals surface area contributed by atoms with Crippen LogP contribution in [0, 0.1) is 12.7 Å². The zero-order valence-electron chi connectivity index (χ0n) is 17.9. The van der Waals surface area contributed by atoms with Crippen LogP contribution in [-0.4, -0.2) is 22.6 Å². The van der Waals surface area contributed by atoms with Crippen molar-refractivity contribution in [1.82, 2.24) is 4.90 Å². The molecule has 0 radical (unpaired) electrons. The molecule has 4 rings (SSSR count). The summed E-state index contributed by atoms with van der Waals surface area (Å²) in [4.78, 5) is 39.3. The lowest BCUT2D eigenvalue weighted by Gasteiger charge is -2.16. The van der Waals surface area contributed by atoms with Crippen LogP contribution in [0.2, 0.25) is 5.02 Å². The molecule has 0 aliphatic carbocycles. The van der Waals surface area contributed by atoms with E-state index in [4.69, 9.17) is 23.2 Å². The predicted molar refractivity (Wildman–Crippen MR) is 129 cm³/mol. The van der Waals surface area contributed by atoms with Gasteiger partial charge in [0.25, 0.3) is 17.7 Å². The van der Waals surface area contributed by atoms with Crippen LogP contribution >= 0.6 is 23.2 Å². The van der Waals surface area contributed by atoms with Crippen molar-refractivity contribution in [2.75, 3.05) is 10.6 Å². The van der Waals surface area contributed by atoms with E-state index in [0.29, 0.717) is 11.4 Å². The fourth-order valence-corrected chi connectivity index (χ4v) is 3.78.